The van der Waals surface area contributed by atoms with Crippen molar-refractivity contribution in [3.63, 3.8) is 0 Å². The number of amides is 1. The topological polar surface area (TPSA) is 101 Å². The third-order valence-electron chi connectivity index (χ3n) is 6.21. The molecule has 0 bridgehead atoms. The van der Waals surface area contributed by atoms with Crippen LogP contribution in [0.3, 0.4) is 0 Å². The largest absolute Gasteiger partial charge is 0.493 e. The van der Waals surface area contributed by atoms with Crippen molar-refractivity contribution < 1.29 is 27.8 Å². The number of anilines is 3. The summed E-state index contributed by atoms with van der Waals surface area (Å²) in [7, 11) is 2.57. The minimum absolute atomic E-state index is 0.0274. The number of nitrogens with one attached hydrogen (secondary N) is 2. The Morgan fingerprint density at radius 1 is 1.30 bits per heavy atom. The maximum Gasteiger partial charge on any atom is 0.243 e. The first-order valence-corrected chi connectivity index (χ1v) is 12.1. The number of carbonyl (C=O) groups excluding carboxylic acids is 1. The summed E-state index contributed by atoms with van der Waals surface area (Å²) in [6.07, 6.45) is 3.41. The Labute approximate surface area is 218 Å². The van der Waals surface area contributed by atoms with Crippen molar-refractivity contribution in [3.8, 4) is 11.5 Å². The van der Waals surface area contributed by atoms with E-state index in [-0.39, 0.29) is 46.8 Å². The number of fused-ring (bicyclic) bond motifs is 1. The summed E-state index contributed by atoms with van der Waals surface area (Å²) in [5, 5.41) is 6.28. The number of hydrogen-bond donors (Lipinski definition) is 2. The lowest BCUT2D eigenvalue weighted by Crippen LogP contribution is -2.52. The van der Waals surface area contributed by atoms with Crippen molar-refractivity contribution >= 4 is 40.7 Å². The minimum atomic E-state index is -0.897. The Kier molecular flexibility index (Phi) is 8.03. The van der Waals surface area contributed by atoms with Gasteiger partial charge in [0.15, 0.2) is 28.2 Å². The quantitative estimate of drug-likeness (QED) is 0.388. The van der Waals surface area contributed by atoms with Crippen LogP contribution in [0.4, 0.5) is 26.2 Å². The van der Waals surface area contributed by atoms with Gasteiger partial charge in [0.2, 0.25) is 11.9 Å². The molecule has 2 aliphatic heterocycles. The highest BCUT2D eigenvalue weighted by atomic mass is 32.1. The smallest absolute Gasteiger partial charge is 0.243 e. The Hall–Kier alpha value is -3.58. The van der Waals surface area contributed by atoms with Crippen LogP contribution in [-0.2, 0) is 16.1 Å². The lowest BCUT2D eigenvalue weighted by Gasteiger charge is -2.39. The second kappa shape index (κ2) is 11.2. The second-order valence-electron chi connectivity index (χ2n) is 8.35. The summed E-state index contributed by atoms with van der Waals surface area (Å²) in [6, 6.07) is 0.671. The lowest BCUT2D eigenvalue weighted by atomic mass is 10.0. The summed E-state index contributed by atoms with van der Waals surface area (Å²) < 4.78 is 46.3. The van der Waals surface area contributed by atoms with Crippen molar-refractivity contribution in [2.45, 2.75) is 32.0 Å². The average molecular weight is 535 g/mol. The Bertz CT molecular complexity index is 1190. The summed E-state index contributed by atoms with van der Waals surface area (Å²) in [5.41, 5.74) is 0.227. The van der Waals surface area contributed by atoms with Gasteiger partial charge >= 0.3 is 0 Å². The van der Waals surface area contributed by atoms with Crippen molar-refractivity contribution in [1.29, 1.82) is 0 Å². The molecular weight excluding hydrogens is 506 g/mol. The number of carbonyl (C=O) groups is 1. The van der Waals surface area contributed by atoms with Crippen LogP contribution in [0.1, 0.15) is 18.9 Å². The van der Waals surface area contributed by atoms with Crippen LogP contribution in [0.5, 0.6) is 11.5 Å². The van der Waals surface area contributed by atoms with Gasteiger partial charge in [-0.1, -0.05) is 6.58 Å². The third-order valence-corrected chi connectivity index (χ3v) is 6.65. The highest BCUT2D eigenvalue weighted by Crippen LogP contribution is 2.40. The van der Waals surface area contributed by atoms with Gasteiger partial charge in [-0.15, -0.1) is 0 Å². The van der Waals surface area contributed by atoms with E-state index in [9.17, 15) is 4.79 Å². The summed E-state index contributed by atoms with van der Waals surface area (Å²) in [6.45, 7) is 6.62. The lowest BCUT2D eigenvalue weighted by molar-refractivity contribution is -0.117. The fraction of sp³-hybridized carbons (Fsp3) is 0.417. The molecule has 2 atom stereocenters. The van der Waals surface area contributed by atoms with Crippen LogP contribution >= 0.6 is 12.2 Å². The molecule has 2 aliphatic rings. The van der Waals surface area contributed by atoms with E-state index in [2.05, 4.69) is 27.2 Å². The zero-order valence-electron chi connectivity index (χ0n) is 20.7. The fourth-order valence-electron chi connectivity index (χ4n) is 4.32. The van der Waals surface area contributed by atoms with E-state index in [1.165, 1.54) is 25.2 Å². The molecule has 0 aliphatic carbocycles. The maximum absolute atomic E-state index is 15.3. The Morgan fingerprint density at radius 2 is 2.00 bits per heavy atom. The first kappa shape index (κ1) is 26.5. The first-order valence-electron chi connectivity index (χ1n) is 11.6. The fourth-order valence-corrected chi connectivity index (χ4v) is 4.69. The molecule has 4 rings (SSSR count). The number of thiocarbonyl (C=S) groups is 1. The highest BCUT2D eigenvalue weighted by Gasteiger charge is 2.35. The molecule has 1 saturated heterocycles. The van der Waals surface area contributed by atoms with Gasteiger partial charge in [0.25, 0.3) is 0 Å². The van der Waals surface area contributed by atoms with E-state index in [1.807, 2.05) is 6.92 Å². The van der Waals surface area contributed by atoms with E-state index in [4.69, 9.17) is 26.4 Å². The van der Waals surface area contributed by atoms with Gasteiger partial charge in [-0.2, -0.15) is 4.98 Å². The SMILES string of the molecule is C=CC(=O)N[C@H]1CCOC[C@H]1Nc1ncc2c(n1)N(CC)C(=S)N(c1c(F)c(OC)cc(OC)c1F)C2. The molecule has 13 heteroatoms. The number of halogens is 2. The van der Waals surface area contributed by atoms with Gasteiger partial charge in [0.1, 0.15) is 11.5 Å². The number of methoxy groups -OCH3 is 2. The molecule has 10 nitrogen and oxygen atoms in total. The summed E-state index contributed by atoms with van der Waals surface area (Å²) in [5.74, 6) is -1.59. The number of benzene rings is 1. The summed E-state index contributed by atoms with van der Waals surface area (Å²) >= 11 is 5.65. The Morgan fingerprint density at radius 3 is 2.62 bits per heavy atom. The van der Waals surface area contributed by atoms with E-state index >= 15 is 8.78 Å². The maximum atomic E-state index is 15.3. The molecule has 1 aromatic carbocycles. The monoisotopic (exact) mass is 534 g/mol. The van der Waals surface area contributed by atoms with Gasteiger partial charge in [0, 0.05) is 31.0 Å². The number of rotatable bonds is 8. The predicted molar refractivity (Wildman–Crippen MR) is 138 cm³/mol. The van der Waals surface area contributed by atoms with Crippen LogP contribution in [-0.4, -0.2) is 67.0 Å². The van der Waals surface area contributed by atoms with Crippen LogP contribution in [0.2, 0.25) is 0 Å². The van der Waals surface area contributed by atoms with Crippen molar-refractivity contribution in [2.24, 2.45) is 0 Å². The Balaban J connectivity index is 1.66. The molecule has 3 heterocycles. The van der Waals surface area contributed by atoms with Crippen LogP contribution < -0.4 is 29.9 Å². The van der Waals surface area contributed by atoms with E-state index in [0.29, 0.717) is 43.5 Å². The zero-order valence-corrected chi connectivity index (χ0v) is 21.5. The molecule has 0 unspecified atom stereocenters. The summed E-state index contributed by atoms with van der Waals surface area (Å²) in [4.78, 5) is 23.9. The molecule has 1 fully saturated rings. The molecule has 2 N–H and O–H groups in total. The molecule has 0 radical (unpaired) electrons. The minimum Gasteiger partial charge on any atom is -0.493 e. The number of hydrogen-bond acceptors (Lipinski definition) is 8. The van der Waals surface area contributed by atoms with Crippen LogP contribution in [0.25, 0.3) is 0 Å². The molecule has 37 heavy (non-hydrogen) atoms. The van der Waals surface area contributed by atoms with Gasteiger partial charge in [0.05, 0.1) is 39.5 Å². The van der Waals surface area contributed by atoms with Gasteiger partial charge in [-0.05, 0) is 31.6 Å². The molecule has 1 aromatic heterocycles. The molecule has 0 spiro atoms. The van der Waals surface area contributed by atoms with Crippen molar-refractivity contribution in [3.05, 3.63) is 42.1 Å². The first-order chi connectivity index (χ1) is 17.8. The average Bonchev–Trinajstić information content (AvgIpc) is 2.90. The normalized spacial score (nSPS) is 19.2. The molecule has 0 saturated carbocycles. The van der Waals surface area contributed by atoms with E-state index < -0.39 is 11.6 Å². The second-order valence-corrected chi connectivity index (χ2v) is 8.71. The predicted octanol–water partition coefficient (Wildman–Crippen LogP) is 2.78. The van der Waals surface area contributed by atoms with Crippen LogP contribution in [0.15, 0.2) is 24.9 Å². The van der Waals surface area contributed by atoms with Crippen LogP contribution in [0, 0.1) is 11.6 Å². The van der Waals surface area contributed by atoms with Crippen molar-refractivity contribution in [2.75, 3.05) is 49.1 Å². The third kappa shape index (κ3) is 5.14. The van der Waals surface area contributed by atoms with Gasteiger partial charge in [-0.3, -0.25) is 4.79 Å². The van der Waals surface area contributed by atoms with Gasteiger partial charge in [-0.25, -0.2) is 13.8 Å². The molecule has 2 aromatic rings. The standard InChI is InChI=1S/C24H28F2N6O4S/c1-5-18(33)28-14-7-8-36-12-15(14)29-23-27-10-13-11-32(24(37)31(6-2)22(13)30-23)21-19(25)16(34-3)9-17(35-4)20(21)26/h5,9-10,14-15H,1,6-8,11-12H2,2-4H3,(H,28,33)(H,27,29,30)/t14-,15+/m0/s1. The molecule has 198 valence electrons. The molecule has 1 amide bonds. The van der Waals surface area contributed by atoms with Gasteiger partial charge < -0.3 is 34.6 Å². The number of nitrogens with zero attached hydrogens (tertiary/aromatic N) is 4. The zero-order chi connectivity index (χ0) is 26.7. The highest BCUT2D eigenvalue weighted by molar-refractivity contribution is 7.80. The van der Waals surface area contributed by atoms with E-state index in [0.717, 1.165) is 6.07 Å². The van der Waals surface area contributed by atoms with Crippen molar-refractivity contribution in [1.82, 2.24) is 15.3 Å². The number of ether oxygens (including phenoxy) is 3. The van der Waals surface area contributed by atoms with E-state index in [1.54, 1.807) is 11.1 Å². The number of aromatic nitrogens is 2. The molecular formula is C24H28F2N6O4S.